The highest BCUT2D eigenvalue weighted by Gasteiger charge is 2.56. The van der Waals surface area contributed by atoms with Gasteiger partial charge in [-0.3, -0.25) is 14.4 Å². The van der Waals surface area contributed by atoms with E-state index >= 15 is 0 Å². The van der Waals surface area contributed by atoms with E-state index in [4.69, 9.17) is 14.2 Å². The van der Waals surface area contributed by atoms with Crippen LogP contribution in [0.25, 0.3) is 0 Å². The van der Waals surface area contributed by atoms with Gasteiger partial charge in [-0.1, -0.05) is 116 Å². The van der Waals surface area contributed by atoms with Crippen LogP contribution in [-0.4, -0.2) is 50.1 Å². The average Bonchev–Trinajstić information content (AvgIpc) is 2.90. The van der Waals surface area contributed by atoms with Crippen LogP contribution in [0.15, 0.2) is 0 Å². The summed E-state index contributed by atoms with van der Waals surface area (Å²) in [6.45, 7) is 7.49. The lowest BCUT2D eigenvalue weighted by atomic mass is 9.90. The summed E-state index contributed by atoms with van der Waals surface area (Å²) in [4.78, 5) is 38.1. The van der Waals surface area contributed by atoms with Crippen molar-refractivity contribution in [3.05, 3.63) is 0 Å². The second-order valence-electron chi connectivity index (χ2n) is 10.3. The average molecular weight is 559 g/mol. The number of hydrogen-bond acceptors (Lipinski definition) is 6. The van der Waals surface area contributed by atoms with Crippen molar-refractivity contribution in [2.24, 2.45) is 5.41 Å². The van der Waals surface area contributed by atoms with Gasteiger partial charge in [-0.25, -0.2) is 0 Å². The van der Waals surface area contributed by atoms with Crippen LogP contribution in [0.3, 0.4) is 0 Å². The Bertz CT molecular complexity index is 549. The number of carbonyl (C=O) groups is 3. The van der Waals surface area contributed by atoms with Crippen LogP contribution < -0.4 is 0 Å². The fourth-order valence-electron chi connectivity index (χ4n) is 4.66. The zero-order valence-corrected chi connectivity index (χ0v) is 26.2. The summed E-state index contributed by atoms with van der Waals surface area (Å²) in [5.74, 6) is -2.58. The minimum Gasteiger partial charge on any atom is -0.465 e. The number of hydrogen-bond donors (Lipinski definition) is 0. The van der Waals surface area contributed by atoms with Crippen molar-refractivity contribution in [1.82, 2.24) is 0 Å². The van der Waals surface area contributed by atoms with Gasteiger partial charge >= 0.3 is 17.9 Å². The van der Waals surface area contributed by atoms with Gasteiger partial charge in [-0.15, -0.1) is 8.58 Å². The highest BCUT2D eigenvalue weighted by atomic mass is 31.1. The maximum absolute atomic E-state index is 12.7. The molecule has 0 aromatic carbocycles. The SMILES string of the molecule is CCCCCCCCCCCCCCCCCCCCPCC(C(=O)OCC)(C(=O)OCC)C(=O)OCC. The zero-order chi connectivity index (χ0) is 28.3. The number of carbonyl (C=O) groups excluding carboxylic acids is 3. The Morgan fingerprint density at radius 2 is 0.763 bits per heavy atom. The molecule has 6 nitrogen and oxygen atoms in total. The van der Waals surface area contributed by atoms with Crippen LogP contribution in [0.2, 0.25) is 0 Å². The molecule has 0 saturated heterocycles. The van der Waals surface area contributed by atoms with Crippen LogP contribution >= 0.6 is 8.58 Å². The first-order valence-electron chi connectivity index (χ1n) is 15.7. The molecule has 1 unspecified atom stereocenters. The Balaban J connectivity index is 3.96. The number of unbranched alkanes of at least 4 members (excludes halogenated alkanes) is 17. The van der Waals surface area contributed by atoms with E-state index in [-0.39, 0.29) is 34.6 Å². The van der Waals surface area contributed by atoms with Crippen molar-refractivity contribution in [3.63, 3.8) is 0 Å². The maximum Gasteiger partial charge on any atom is 0.335 e. The zero-order valence-electron chi connectivity index (χ0n) is 25.2. The largest absolute Gasteiger partial charge is 0.465 e. The molecule has 0 aliphatic rings. The molecule has 0 aliphatic heterocycles. The third kappa shape index (κ3) is 16.7. The van der Waals surface area contributed by atoms with Crippen molar-refractivity contribution in [3.8, 4) is 0 Å². The van der Waals surface area contributed by atoms with E-state index in [0.717, 1.165) is 19.0 Å². The van der Waals surface area contributed by atoms with Gasteiger partial charge < -0.3 is 14.2 Å². The molecule has 224 valence electrons. The first-order valence-corrected chi connectivity index (χ1v) is 17.1. The Morgan fingerprint density at radius 1 is 0.474 bits per heavy atom. The van der Waals surface area contributed by atoms with Gasteiger partial charge in [-0.05, 0) is 33.4 Å². The summed E-state index contributed by atoms with van der Waals surface area (Å²) in [7, 11) is 0.283. The van der Waals surface area contributed by atoms with Crippen molar-refractivity contribution >= 4 is 26.5 Å². The molecule has 0 saturated carbocycles. The van der Waals surface area contributed by atoms with E-state index in [0.29, 0.717) is 0 Å². The van der Waals surface area contributed by atoms with Crippen molar-refractivity contribution in [2.45, 2.75) is 143 Å². The molecule has 0 aromatic rings. The highest BCUT2D eigenvalue weighted by Crippen LogP contribution is 2.33. The monoisotopic (exact) mass is 558 g/mol. The summed E-state index contributed by atoms with van der Waals surface area (Å²) in [5.41, 5.74) is -2.01. The standard InChI is InChI=1S/C31H59O6P/c1-5-9-10-11-12-13-14-15-16-17-18-19-20-21-22-23-24-25-26-38-27-31(28(32)35-6-2,29(33)36-7-3)30(34)37-8-4/h38H,5-27H2,1-4H3. The Morgan fingerprint density at radius 3 is 1.05 bits per heavy atom. The molecular formula is C31H59O6P. The molecule has 0 amide bonds. The van der Waals surface area contributed by atoms with E-state index in [1.54, 1.807) is 20.8 Å². The second-order valence-corrected chi connectivity index (χ2v) is 11.6. The molecule has 38 heavy (non-hydrogen) atoms. The first-order chi connectivity index (χ1) is 18.5. The third-order valence-corrected chi connectivity index (χ3v) is 8.46. The summed E-state index contributed by atoms with van der Waals surface area (Å²) in [5, 5.41) is 0. The Labute approximate surface area is 235 Å². The molecule has 0 radical (unpaired) electrons. The molecule has 0 aliphatic carbocycles. The smallest absolute Gasteiger partial charge is 0.335 e. The third-order valence-electron chi connectivity index (χ3n) is 6.97. The maximum atomic E-state index is 12.7. The van der Waals surface area contributed by atoms with E-state index in [1.807, 2.05) is 0 Å². The van der Waals surface area contributed by atoms with Crippen molar-refractivity contribution in [2.75, 3.05) is 32.1 Å². The molecule has 0 heterocycles. The fourth-order valence-corrected chi connectivity index (χ4v) is 6.14. The van der Waals surface area contributed by atoms with Gasteiger partial charge in [0.25, 0.3) is 5.41 Å². The van der Waals surface area contributed by atoms with Crippen molar-refractivity contribution in [1.29, 1.82) is 0 Å². The fraction of sp³-hybridized carbons (Fsp3) is 0.903. The van der Waals surface area contributed by atoms with E-state index in [1.165, 1.54) is 103 Å². The predicted molar refractivity (Wildman–Crippen MR) is 159 cm³/mol. The summed E-state index contributed by atoms with van der Waals surface area (Å²) >= 11 is 0. The lowest BCUT2D eigenvalue weighted by Crippen LogP contribution is -2.51. The minimum atomic E-state index is -2.01. The molecule has 0 N–H and O–H groups in total. The summed E-state index contributed by atoms with van der Waals surface area (Å²) in [6.07, 6.45) is 25.0. The van der Waals surface area contributed by atoms with Crippen molar-refractivity contribution < 1.29 is 28.6 Å². The van der Waals surface area contributed by atoms with E-state index < -0.39 is 23.3 Å². The molecule has 0 rings (SSSR count). The van der Waals surface area contributed by atoms with Crippen LogP contribution in [0, 0.1) is 5.41 Å². The second kappa shape index (κ2) is 26.1. The first kappa shape index (κ1) is 36.8. The van der Waals surface area contributed by atoms with Gasteiger partial charge in [0.05, 0.1) is 19.8 Å². The Kier molecular flexibility index (Phi) is 25.3. The Hall–Kier alpha value is -1.16. The minimum absolute atomic E-state index is 0.0851. The number of rotatable bonds is 27. The molecule has 0 spiro atoms. The van der Waals surface area contributed by atoms with Gasteiger partial charge in [0.2, 0.25) is 0 Å². The molecule has 7 heteroatoms. The van der Waals surface area contributed by atoms with Crippen LogP contribution in [0.1, 0.15) is 143 Å². The molecule has 0 aromatic heterocycles. The van der Waals surface area contributed by atoms with E-state index in [9.17, 15) is 14.4 Å². The molecule has 0 fully saturated rings. The van der Waals surface area contributed by atoms with Crippen LogP contribution in [0.4, 0.5) is 0 Å². The highest BCUT2D eigenvalue weighted by molar-refractivity contribution is 7.38. The normalized spacial score (nSPS) is 11.7. The lowest BCUT2D eigenvalue weighted by molar-refractivity contribution is -0.181. The molecule has 0 bridgehead atoms. The van der Waals surface area contributed by atoms with Crippen LogP contribution in [-0.2, 0) is 28.6 Å². The summed E-state index contributed by atoms with van der Waals surface area (Å²) < 4.78 is 15.3. The van der Waals surface area contributed by atoms with Gasteiger partial charge in [0.15, 0.2) is 0 Å². The topological polar surface area (TPSA) is 78.9 Å². The van der Waals surface area contributed by atoms with E-state index in [2.05, 4.69) is 6.92 Å². The predicted octanol–water partition coefficient (Wildman–Crippen LogP) is 8.38. The number of esters is 3. The van der Waals surface area contributed by atoms with Gasteiger partial charge in [0.1, 0.15) is 0 Å². The van der Waals surface area contributed by atoms with Crippen LogP contribution in [0.5, 0.6) is 0 Å². The lowest BCUT2D eigenvalue weighted by Gasteiger charge is -2.26. The van der Waals surface area contributed by atoms with Gasteiger partial charge in [0, 0.05) is 6.16 Å². The molecule has 1 atom stereocenters. The summed E-state index contributed by atoms with van der Waals surface area (Å²) in [6, 6.07) is 0. The quantitative estimate of drug-likeness (QED) is 0.0331. The van der Waals surface area contributed by atoms with Gasteiger partial charge in [-0.2, -0.15) is 0 Å². The molecular weight excluding hydrogens is 499 g/mol. The number of ether oxygens (including phenoxy) is 3.